The quantitative estimate of drug-likeness (QED) is 0.496. The van der Waals surface area contributed by atoms with E-state index in [0.717, 1.165) is 12.0 Å². The van der Waals surface area contributed by atoms with Crippen molar-refractivity contribution >= 4 is 11.6 Å². The highest BCUT2D eigenvalue weighted by Gasteiger charge is 2.62. The highest BCUT2D eigenvalue weighted by Crippen LogP contribution is 2.47. The van der Waals surface area contributed by atoms with E-state index in [1.807, 2.05) is 13.8 Å². The molecule has 2 unspecified atom stereocenters. The number of hydrogen-bond acceptors (Lipinski definition) is 0. The maximum Gasteiger partial charge on any atom is 0.455 e. The fourth-order valence-corrected chi connectivity index (χ4v) is 1.85. The van der Waals surface area contributed by atoms with Crippen molar-refractivity contribution in [3.05, 3.63) is 35.4 Å². The van der Waals surface area contributed by atoms with Crippen molar-refractivity contribution in [2.45, 2.75) is 43.7 Å². The molecule has 0 saturated carbocycles. The summed E-state index contributed by atoms with van der Waals surface area (Å²) >= 11 is 5.28. The number of rotatable bonds is 4. The van der Waals surface area contributed by atoms with Gasteiger partial charge in [-0.3, -0.25) is 0 Å². The second-order valence-corrected chi connectivity index (χ2v) is 4.90. The van der Waals surface area contributed by atoms with Crippen LogP contribution < -0.4 is 0 Å². The first-order valence-corrected chi connectivity index (χ1v) is 6.23. The molecular formula is C13H14ClF5. The van der Waals surface area contributed by atoms with Crippen molar-refractivity contribution in [3.8, 4) is 0 Å². The molecule has 0 N–H and O–H groups in total. The topological polar surface area (TPSA) is 0 Å². The molecule has 0 aliphatic carbocycles. The maximum absolute atomic E-state index is 13.1. The molecule has 0 bridgehead atoms. The summed E-state index contributed by atoms with van der Waals surface area (Å²) in [6, 6.07) is 5.51. The lowest BCUT2D eigenvalue weighted by Gasteiger charge is -2.24. The molecule has 0 nitrogen and oxygen atoms in total. The molecular weight excluding hydrogens is 287 g/mol. The van der Waals surface area contributed by atoms with Crippen LogP contribution in [0.1, 0.15) is 42.7 Å². The van der Waals surface area contributed by atoms with Crippen LogP contribution in [-0.4, -0.2) is 12.1 Å². The Kier molecular flexibility index (Phi) is 4.82. The van der Waals surface area contributed by atoms with E-state index in [-0.39, 0.29) is 11.5 Å². The largest absolute Gasteiger partial charge is 0.455 e. The van der Waals surface area contributed by atoms with Gasteiger partial charge in [0.1, 0.15) is 5.38 Å². The molecule has 1 rings (SSSR count). The maximum atomic E-state index is 13.1. The van der Waals surface area contributed by atoms with Crippen LogP contribution in [0.15, 0.2) is 24.3 Å². The summed E-state index contributed by atoms with van der Waals surface area (Å²) in [5.74, 6) is -4.74. The van der Waals surface area contributed by atoms with Crippen LogP contribution >= 0.6 is 11.6 Å². The van der Waals surface area contributed by atoms with Gasteiger partial charge in [0.05, 0.1) is 0 Å². The molecule has 0 aliphatic heterocycles. The fraction of sp³-hybridized carbons (Fsp3) is 0.538. The minimum atomic E-state index is -5.66. The summed E-state index contributed by atoms with van der Waals surface area (Å²) in [6.07, 6.45) is -4.81. The van der Waals surface area contributed by atoms with Crippen molar-refractivity contribution in [2.75, 3.05) is 0 Å². The molecule has 0 aromatic heterocycles. The summed E-state index contributed by atoms with van der Waals surface area (Å²) in [7, 11) is 0. The third-order valence-corrected chi connectivity index (χ3v) is 3.63. The molecule has 2 atom stereocenters. The molecule has 0 fully saturated rings. The van der Waals surface area contributed by atoms with Crippen molar-refractivity contribution in [2.24, 2.45) is 0 Å². The predicted molar refractivity (Wildman–Crippen MR) is 64.7 cm³/mol. The van der Waals surface area contributed by atoms with Gasteiger partial charge in [-0.05, 0) is 23.5 Å². The smallest absolute Gasteiger partial charge is 0.194 e. The molecule has 108 valence electrons. The van der Waals surface area contributed by atoms with Crippen LogP contribution in [0.4, 0.5) is 22.0 Å². The first kappa shape index (κ1) is 16.2. The van der Waals surface area contributed by atoms with Crippen LogP contribution in [-0.2, 0) is 0 Å². The molecule has 1 aromatic rings. The van der Waals surface area contributed by atoms with Gasteiger partial charge in [-0.1, -0.05) is 38.1 Å². The van der Waals surface area contributed by atoms with E-state index < -0.39 is 17.5 Å². The van der Waals surface area contributed by atoms with Gasteiger partial charge in [-0.2, -0.15) is 22.0 Å². The van der Waals surface area contributed by atoms with E-state index in [1.54, 1.807) is 0 Å². The number of hydrogen-bond donors (Lipinski definition) is 0. The third kappa shape index (κ3) is 3.38. The van der Waals surface area contributed by atoms with Crippen LogP contribution in [0.5, 0.6) is 0 Å². The Labute approximate surface area is 113 Å². The number of alkyl halides is 6. The molecule has 0 spiro atoms. The second-order valence-electron chi connectivity index (χ2n) is 4.46. The van der Waals surface area contributed by atoms with Crippen LogP contribution in [0.25, 0.3) is 0 Å². The molecule has 0 aliphatic rings. The van der Waals surface area contributed by atoms with Crippen molar-refractivity contribution in [1.82, 2.24) is 0 Å². The number of benzene rings is 1. The fourth-order valence-electron chi connectivity index (χ4n) is 1.58. The van der Waals surface area contributed by atoms with E-state index in [2.05, 4.69) is 0 Å². The Bertz CT molecular complexity index is 410. The van der Waals surface area contributed by atoms with Crippen molar-refractivity contribution in [1.29, 1.82) is 0 Å². The Morgan fingerprint density at radius 2 is 1.42 bits per heavy atom. The lowest BCUT2D eigenvalue weighted by Crippen LogP contribution is -2.40. The highest BCUT2D eigenvalue weighted by atomic mass is 35.5. The average Bonchev–Trinajstić information content (AvgIpc) is 2.35. The van der Waals surface area contributed by atoms with Gasteiger partial charge < -0.3 is 0 Å². The van der Waals surface area contributed by atoms with E-state index in [9.17, 15) is 22.0 Å². The normalized spacial score (nSPS) is 16.2. The van der Waals surface area contributed by atoms with Gasteiger partial charge in [0.2, 0.25) is 0 Å². The Balaban J connectivity index is 2.99. The van der Waals surface area contributed by atoms with Crippen molar-refractivity contribution < 1.29 is 22.0 Å². The van der Waals surface area contributed by atoms with E-state index in [4.69, 9.17) is 11.6 Å². The lowest BCUT2D eigenvalue weighted by molar-refractivity contribution is -0.283. The van der Waals surface area contributed by atoms with Crippen LogP contribution in [0.2, 0.25) is 0 Å². The third-order valence-electron chi connectivity index (χ3n) is 3.11. The van der Waals surface area contributed by atoms with E-state index in [0.29, 0.717) is 0 Å². The van der Waals surface area contributed by atoms with E-state index >= 15 is 0 Å². The van der Waals surface area contributed by atoms with Gasteiger partial charge >= 0.3 is 12.1 Å². The van der Waals surface area contributed by atoms with Crippen LogP contribution in [0, 0.1) is 0 Å². The summed E-state index contributed by atoms with van der Waals surface area (Å²) in [5.41, 5.74) is 0.640. The number of halogens is 6. The molecule has 0 heterocycles. The molecule has 19 heavy (non-hydrogen) atoms. The first-order chi connectivity index (χ1) is 8.61. The summed E-state index contributed by atoms with van der Waals surface area (Å²) in [4.78, 5) is 0. The zero-order chi connectivity index (χ0) is 14.8. The second kappa shape index (κ2) is 5.65. The predicted octanol–water partition coefficient (Wildman–Crippen LogP) is 5.68. The molecule has 0 radical (unpaired) electrons. The van der Waals surface area contributed by atoms with Gasteiger partial charge in [-0.15, -0.1) is 11.6 Å². The SMILES string of the molecule is CCC(C)c1ccc(C(Cl)C(F)(F)C(F)(F)F)cc1. The Hall–Kier alpha value is -0.840. The lowest BCUT2D eigenvalue weighted by atomic mass is 9.96. The Morgan fingerprint density at radius 1 is 1.00 bits per heavy atom. The van der Waals surface area contributed by atoms with Gasteiger partial charge in [0.15, 0.2) is 0 Å². The first-order valence-electron chi connectivity index (χ1n) is 5.79. The molecule has 1 aromatic carbocycles. The standard InChI is InChI=1S/C13H14ClF5/c1-3-8(2)9-4-6-10(7-5-9)11(14)12(15,16)13(17,18)19/h4-8,11H,3H2,1-2H3. The van der Waals surface area contributed by atoms with Gasteiger partial charge in [0, 0.05) is 0 Å². The van der Waals surface area contributed by atoms with Crippen molar-refractivity contribution in [3.63, 3.8) is 0 Å². The molecule has 6 heteroatoms. The van der Waals surface area contributed by atoms with Gasteiger partial charge in [-0.25, -0.2) is 0 Å². The molecule has 0 amide bonds. The average molecular weight is 301 g/mol. The summed E-state index contributed by atoms with van der Waals surface area (Å²) < 4.78 is 62.7. The highest BCUT2D eigenvalue weighted by molar-refractivity contribution is 6.21. The zero-order valence-electron chi connectivity index (χ0n) is 10.4. The van der Waals surface area contributed by atoms with Gasteiger partial charge in [0.25, 0.3) is 0 Å². The van der Waals surface area contributed by atoms with E-state index in [1.165, 1.54) is 24.3 Å². The summed E-state index contributed by atoms with van der Waals surface area (Å²) in [6.45, 7) is 3.90. The zero-order valence-corrected chi connectivity index (χ0v) is 11.2. The monoisotopic (exact) mass is 300 g/mol. The Morgan fingerprint density at radius 3 is 1.79 bits per heavy atom. The minimum absolute atomic E-state index is 0.214. The minimum Gasteiger partial charge on any atom is -0.194 e. The van der Waals surface area contributed by atoms with Crippen LogP contribution in [0.3, 0.4) is 0 Å². The molecule has 0 saturated heterocycles. The summed E-state index contributed by atoms with van der Waals surface area (Å²) in [5, 5.41) is -2.42.